The van der Waals surface area contributed by atoms with Crippen molar-refractivity contribution in [1.82, 2.24) is 14.9 Å². The summed E-state index contributed by atoms with van der Waals surface area (Å²) in [5, 5.41) is 14.2. The van der Waals surface area contributed by atoms with Crippen LogP contribution in [0.5, 0.6) is 0 Å². The second-order valence-corrected chi connectivity index (χ2v) is 8.63. The van der Waals surface area contributed by atoms with E-state index in [-0.39, 0.29) is 0 Å². The molecule has 2 aromatic heterocycles. The molecule has 8 nitrogen and oxygen atoms in total. The number of hydrogen-bond donors (Lipinski definition) is 2. The topological polar surface area (TPSA) is 113 Å². The van der Waals surface area contributed by atoms with E-state index in [1.165, 1.54) is 18.4 Å². The SMILES string of the molecule is O=C(O)C(F)(F)F.O=C(O)C(F)(F)F.c1ccc(CN2CC[C@H](OCC3CC3)[C@@H]2Cc2ccncc2)nc1. The summed E-state index contributed by atoms with van der Waals surface area (Å²) in [6.07, 6.45) is 0.645. The fourth-order valence-corrected chi connectivity index (χ4v) is 3.54. The summed E-state index contributed by atoms with van der Waals surface area (Å²) in [5.41, 5.74) is 2.48. The lowest BCUT2D eigenvalue weighted by molar-refractivity contribution is -0.193. The summed E-state index contributed by atoms with van der Waals surface area (Å²) in [4.78, 5) is 29.0. The number of carboxylic acids is 2. The van der Waals surface area contributed by atoms with Crippen molar-refractivity contribution in [3.05, 3.63) is 60.2 Å². The van der Waals surface area contributed by atoms with Crippen LogP contribution < -0.4 is 0 Å². The van der Waals surface area contributed by atoms with Crippen LogP contribution in [0, 0.1) is 5.92 Å². The van der Waals surface area contributed by atoms with Gasteiger partial charge in [0.1, 0.15) is 0 Å². The Morgan fingerprint density at radius 3 is 1.97 bits per heavy atom. The Hall–Kier alpha value is -3.26. The van der Waals surface area contributed by atoms with Crippen LogP contribution in [0.25, 0.3) is 0 Å². The molecule has 1 aliphatic carbocycles. The molecule has 0 amide bonds. The molecule has 2 aliphatic rings. The molecule has 14 heteroatoms. The van der Waals surface area contributed by atoms with Gasteiger partial charge in [0.15, 0.2) is 0 Å². The first-order valence-corrected chi connectivity index (χ1v) is 11.5. The molecule has 2 fully saturated rings. The number of rotatable bonds is 7. The van der Waals surface area contributed by atoms with Gasteiger partial charge in [-0.15, -0.1) is 0 Å². The van der Waals surface area contributed by atoms with E-state index in [2.05, 4.69) is 39.1 Å². The Labute approximate surface area is 214 Å². The lowest BCUT2D eigenvalue weighted by Gasteiger charge is -2.28. The molecule has 0 radical (unpaired) electrons. The van der Waals surface area contributed by atoms with Crippen molar-refractivity contribution in [2.75, 3.05) is 13.2 Å². The summed E-state index contributed by atoms with van der Waals surface area (Å²) in [6.45, 7) is 2.93. The second-order valence-electron chi connectivity index (χ2n) is 8.63. The Balaban J connectivity index is 0.000000301. The Kier molecular flexibility index (Phi) is 11.4. The summed E-state index contributed by atoms with van der Waals surface area (Å²) in [7, 11) is 0. The van der Waals surface area contributed by atoms with Crippen LogP contribution >= 0.6 is 0 Å². The highest BCUT2D eigenvalue weighted by Crippen LogP contribution is 2.32. The van der Waals surface area contributed by atoms with Crippen LogP contribution in [-0.4, -0.2) is 74.7 Å². The third-order valence-electron chi connectivity index (χ3n) is 5.61. The number of aromatic nitrogens is 2. The van der Waals surface area contributed by atoms with E-state index < -0.39 is 24.3 Å². The zero-order valence-electron chi connectivity index (χ0n) is 20.0. The van der Waals surface area contributed by atoms with Gasteiger partial charge in [-0.3, -0.25) is 14.9 Å². The molecule has 1 saturated carbocycles. The summed E-state index contributed by atoms with van der Waals surface area (Å²) >= 11 is 0. The molecule has 4 rings (SSSR count). The van der Waals surface area contributed by atoms with Gasteiger partial charge in [0, 0.05) is 44.3 Å². The zero-order chi connectivity index (χ0) is 28.3. The fraction of sp³-hybridized carbons (Fsp3) is 0.500. The smallest absolute Gasteiger partial charge is 0.475 e. The van der Waals surface area contributed by atoms with Crippen molar-refractivity contribution < 1.29 is 50.9 Å². The molecule has 2 N–H and O–H groups in total. The van der Waals surface area contributed by atoms with Crippen molar-refractivity contribution in [1.29, 1.82) is 0 Å². The maximum absolute atomic E-state index is 10.6. The predicted molar refractivity (Wildman–Crippen MR) is 121 cm³/mol. The Morgan fingerprint density at radius 2 is 1.50 bits per heavy atom. The van der Waals surface area contributed by atoms with Gasteiger partial charge < -0.3 is 14.9 Å². The van der Waals surface area contributed by atoms with Gasteiger partial charge in [0.2, 0.25) is 0 Å². The number of ether oxygens (including phenoxy) is 1. The molecular formula is C24H27F6N3O5. The molecule has 1 saturated heterocycles. The minimum Gasteiger partial charge on any atom is -0.475 e. The molecule has 0 aromatic carbocycles. The average molecular weight is 551 g/mol. The van der Waals surface area contributed by atoms with Gasteiger partial charge in [-0.1, -0.05) is 6.07 Å². The van der Waals surface area contributed by atoms with Crippen molar-refractivity contribution in [2.45, 2.75) is 56.7 Å². The molecule has 0 unspecified atom stereocenters. The number of hydrogen-bond acceptors (Lipinski definition) is 6. The number of halogens is 6. The van der Waals surface area contributed by atoms with Crippen LogP contribution in [0.4, 0.5) is 26.3 Å². The molecule has 2 atom stereocenters. The van der Waals surface area contributed by atoms with Crippen molar-refractivity contribution in [3.63, 3.8) is 0 Å². The van der Waals surface area contributed by atoms with E-state index in [1.54, 1.807) is 0 Å². The molecule has 210 valence electrons. The minimum atomic E-state index is -5.08. The fourth-order valence-electron chi connectivity index (χ4n) is 3.54. The molecular weight excluding hydrogens is 524 g/mol. The van der Waals surface area contributed by atoms with Crippen molar-refractivity contribution >= 4 is 11.9 Å². The van der Waals surface area contributed by atoms with Crippen LogP contribution in [0.15, 0.2) is 48.9 Å². The Morgan fingerprint density at radius 1 is 0.921 bits per heavy atom. The lowest BCUT2D eigenvalue weighted by atomic mass is 10.0. The van der Waals surface area contributed by atoms with Crippen molar-refractivity contribution in [3.8, 4) is 0 Å². The number of aliphatic carboxylic acids is 2. The monoisotopic (exact) mass is 551 g/mol. The average Bonchev–Trinajstić information content (AvgIpc) is 3.61. The molecule has 3 heterocycles. The summed E-state index contributed by atoms with van der Waals surface area (Å²) in [6, 6.07) is 10.8. The van der Waals surface area contributed by atoms with E-state index in [0.717, 1.165) is 44.1 Å². The van der Waals surface area contributed by atoms with Crippen LogP contribution in [0.1, 0.15) is 30.5 Å². The van der Waals surface area contributed by atoms with E-state index >= 15 is 0 Å². The summed E-state index contributed by atoms with van der Waals surface area (Å²) in [5.74, 6) is -4.70. The number of carbonyl (C=O) groups is 2. The van der Waals surface area contributed by atoms with Gasteiger partial charge in [0.05, 0.1) is 11.8 Å². The van der Waals surface area contributed by atoms with E-state index in [4.69, 9.17) is 24.5 Å². The molecule has 2 aromatic rings. The molecule has 38 heavy (non-hydrogen) atoms. The van der Waals surface area contributed by atoms with E-state index in [9.17, 15) is 26.3 Å². The largest absolute Gasteiger partial charge is 0.490 e. The number of carboxylic acid groups (broad SMARTS) is 2. The number of alkyl halides is 6. The molecule has 0 spiro atoms. The first-order chi connectivity index (χ1) is 17.8. The predicted octanol–water partition coefficient (Wildman–Crippen LogP) is 4.36. The van der Waals surface area contributed by atoms with Crippen molar-refractivity contribution in [2.24, 2.45) is 5.92 Å². The second kappa shape index (κ2) is 14.0. The highest BCUT2D eigenvalue weighted by Gasteiger charge is 2.39. The third-order valence-corrected chi connectivity index (χ3v) is 5.61. The summed E-state index contributed by atoms with van der Waals surface area (Å²) < 4.78 is 69.8. The maximum atomic E-state index is 10.6. The van der Waals surface area contributed by atoms with Crippen LogP contribution in [-0.2, 0) is 27.3 Å². The number of likely N-dealkylation sites (tertiary alicyclic amines) is 1. The maximum Gasteiger partial charge on any atom is 0.490 e. The Bertz CT molecular complexity index is 980. The van der Waals surface area contributed by atoms with Gasteiger partial charge in [-0.05, 0) is 61.4 Å². The lowest BCUT2D eigenvalue weighted by Crippen LogP contribution is -2.38. The number of nitrogens with zero attached hydrogens (tertiary/aromatic N) is 3. The van der Waals surface area contributed by atoms with Gasteiger partial charge in [-0.2, -0.15) is 26.3 Å². The van der Waals surface area contributed by atoms with Crippen LogP contribution in [0.2, 0.25) is 0 Å². The quantitative estimate of drug-likeness (QED) is 0.489. The van der Waals surface area contributed by atoms with Gasteiger partial charge >= 0.3 is 24.3 Å². The standard InChI is InChI=1S/C20H25N3O.2C2HF3O2/c1-2-9-22-18(3-1)14-23-12-8-20(24-15-17-4-5-17)19(23)13-16-6-10-21-11-7-16;2*3-2(4,5)1(6)7/h1-3,6-7,9-11,17,19-20H,4-5,8,12-15H2;2*(H,6,7)/t19-,20-;;/m0../s1. The number of pyridine rings is 2. The molecule has 0 bridgehead atoms. The van der Waals surface area contributed by atoms with E-state index in [1.807, 2.05) is 24.7 Å². The van der Waals surface area contributed by atoms with Gasteiger partial charge in [-0.25, -0.2) is 9.59 Å². The minimum absolute atomic E-state index is 0.336. The highest BCUT2D eigenvalue weighted by molar-refractivity contribution is 5.73. The normalized spacial score (nSPS) is 19.5. The first-order valence-electron chi connectivity index (χ1n) is 11.5. The van der Waals surface area contributed by atoms with E-state index in [0.29, 0.717) is 12.1 Å². The third kappa shape index (κ3) is 11.4. The van der Waals surface area contributed by atoms with Crippen LogP contribution in [0.3, 0.4) is 0 Å². The van der Waals surface area contributed by atoms with Gasteiger partial charge in [0.25, 0.3) is 0 Å². The first kappa shape index (κ1) is 31.0. The zero-order valence-corrected chi connectivity index (χ0v) is 20.0. The molecule has 1 aliphatic heterocycles. The highest BCUT2D eigenvalue weighted by atomic mass is 19.4.